The van der Waals surface area contributed by atoms with Crippen LogP contribution in [0.25, 0.3) is 0 Å². The van der Waals surface area contributed by atoms with Gasteiger partial charge in [0.05, 0.1) is 10.0 Å². The zero-order chi connectivity index (χ0) is 22.4. The van der Waals surface area contributed by atoms with Crippen LogP contribution in [0.5, 0.6) is 5.75 Å². The van der Waals surface area contributed by atoms with Crippen LogP contribution >= 0.6 is 23.2 Å². The van der Waals surface area contributed by atoms with Gasteiger partial charge in [-0.3, -0.25) is 9.59 Å². The molecular formula is C23H25Cl2FN2O3. The summed E-state index contributed by atoms with van der Waals surface area (Å²) in [5.41, 5.74) is 0.741. The van der Waals surface area contributed by atoms with Crippen molar-refractivity contribution < 1.29 is 18.7 Å². The van der Waals surface area contributed by atoms with Gasteiger partial charge in [0.15, 0.2) is 6.61 Å². The Balaban J connectivity index is 1.72. The molecule has 0 heterocycles. The van der Waals surface area contributed by atoms with Crippen molar-refractivity contribution in [1.29, 1.82) is 0 Å². The smallest absolute Gasteiger partial charge is 0.261 e. The molecule has 3 rings (SSSR count). The number of nitrogens with zero attached hydrogens (tertiary/aromatic N) is 1. The fourth-order valence-electron chi connectivity index (χ4n) is 3.57. The molecule has 1 aliphatic carbocycles. The average Bonchev–Trinajstić information content (AvgIpc) is 3.26. The van der Waals surface area contributed by atoms with Crippen molar-refractivity contribution in [3.8, 4) is 5.75 Å². The van der Waals surface area contributed by atoms with Crippen molar-refractivity contribution in [3.63, 3.8) is 0 Å². The third-order valence-electron chi connectivity index (χ3n) is 5.38. The fraction of sp³-hybridized carbons (Fsp3) is 0.391. The van der Waals surface area contributed by atoms with Gasteiger partial charge in [-0.15, -0.1) is 0 Å². The SMILES string of the molecule is CC(C(=O)NC1CCCC1)N(Cc1ccc(Cl)c(Cl)c1)C(=O)COc1ccc(F)cc1. The number of hydrogen-bond acceptors (Lipinski definition) is 3. The van der Waals surface area contributed by atoms with Crippen LogP contribution in [0.3, 0.4) is 0 Å². The maximum Gasteiger partial charge on any atom is 0.261 e. The number of hydrogen-bond donors (Lipinski definition) is 1. The van der Waals surface area contributed by atoms with Gasteiger partial charge in [-0.25, -0.2) is 4.39 Å². The number of ether oxygens (including phenoxy) is 1. The fourth-order valence-corrected chi connectivity index (χ4v) is 3.89. The molecule has 1 fully saturated rings. The van der Waals surface area contributed by atoms with E-state index in [1.165, 1.54) is 29.2 Å². The summed E-state index contributed by atoms with van der Waals surface area (Å²) in [7, 11) is 0. The molecule has 0 spiro atoms. The molecule has 2 aromatic rings. The van der Waals surface area contributed by atoms with E-state index in [0.717, 1.165) is 31.2 Å². The highest BCUT2D eigenvalue weighted by Crippen LogP contribution is 2.24. The lowest BCUT2D eigenvalue weighted by Gasteiger charge is -2.29. The van der Waals surface area contributed by atoms with Crippen LogP contribution in [0, 0.1) is 5.82 Å². The van der Waals surface area contributed by atoms with Crippen LogP contribution in [-0.4, -0.2) is 35.4 Å². The third-order valence-corrected chi connectivity index (χ3v) is 6.12. The Morgan fingerprint density at radius 2 is 1.81 bits per heavy atom. The highest BCUT2D eigenvalue weighted by molar-refractivity contribution is 6.42. The van der Waals surface area contributed by atoms with Crippen molar-refractivity contribution in [3.05, 3.63) is 63.9 Å². The molecule has 8 heteroatoms. The van der Waals surface area contributed by atoms with Gasteiger partial charge < -0.3 is 15.0 Å². The summed E-state index contributed by atoms with van der Waals surface area (Å²) in [6.07, 6.45) is 4.09. The molecule has 1 unspecified atom stereocenters. The minimum absolute atomic E-state index is 0.146. The Bertz CT molecular complexity index is 918. The van der Waals surface area contributed by atoms with Crippen LogP contribution < -0.4 is 10.1 Å². The molecule has 0 saturated heterocycles. The van der Waals surface area contributed by atoms with Crippen LogP contribution in [0.15, 0.2) is 42.5 Å². The summed E-state index contributed by atoms with van der Waals surface area (Å²) in [6.45, 7) is 1.58. The second kappa shape index (κ2) is 10.8. The number of nitrogens with one attached hydrogen (secondary N) is 1. The first-order valence-electron chi connectivity index (χ1n) is 10.3. The third kappa shape index (κ3) is 6.58. The topological polar surface area (TPSA) is 58.6 Å². The number of carbonyl (C=O) groups is 2. The predicted molar refractivity (Wildman–Crippen MR) is 119 cm³/mol. The van der Waals surface area contributed by atoms with Crippen LogP contribution in [0.2, 0.25) is 10.0 Å². The largest absolute Gasteiger partial charge is 0.484 e. The maximum absolute atomic E-state index is 13.1. The molecule has 5 nitrogen and oxygen atoms in total. The molecule has 0 bridgehead atoms. The molecule has 2 amide bonds. The molecule has 166 valence electrons. The van der Waals surface area contributed by atoms with Crippen molar-refractivity contribution in [2.75, 3.05) is 6.61 Å². The van der Waals surface area contributed by atoms with Crippen LogP contribution in [0.1, 0.15) is 38.2 Å². The van der Waals surface area contributed by atoms with Gasteiger partial charge >= 0.3 is 0 Å². The van der Waals surface area contributed by atoms with Crippen molar-refractivity contribution in [1.82, 2.24) is 10.2 Å². The first-order valence-corrected chi connectivity index (χ1v) is 11.0. The Kier molecular flexibility index (Phi) is 8.15. The van der Waals surface area contributed by atoms with Gasteiger partial charge in [0.1, 0.15) is 17.6 Å². The average molecular weight is 467 g/mol. The Morgan fingerprint density at radius 1 is 1.13 bits per heavy atom. The lowest BCUT2D eigenvalue weighted by molar-refractivity contribution is -0.142. The summed E-state index contributed by atoms with van der Waals surface area (Å²) < 4.78 is 18.6. The summed E-state index contributed by atoms with van der Waals surface area (Å²) in [5.74, 6) is -0.601. The zero-order valence-corrected chi connectivity index (χ0v) is 18.8. The highest BCUT2D eigenvalue weighted by Gasteiger charge is 2.28. The van der Waals surface area contributed by atoms with Crippen molar-refractivity contribution in [2.24, 2.45) is 0 Å². The molecule has 2 aromatic carbocycles. The molecule has 1 aliphatic rings. The quantitative estimate of drug-likeness (QED) is 0.596. The van der Waals surface area contributed by atoms with Gasteiger partial charge in [0.25, 0.3) is 5.91 Å². The molecule has 1 saturated carbocycles. The van der Waals surface area contributed by atoms with E-state index in [1.54, 1.807) is 25.1 Å². The minimum Gasteiger partial charge on any atom is -0.484 e. The molecule has 0 radical (unpaired) electrons. The number of rotatable bonds is 8. The van der Waals surface area contributed by atoms with E-state index < -0.39 is 11.9 Å². The maximum atomic E-state index is 13.1. The van der Waals surface area contributed by atoms with E-state index in [4.69, 9.17) is 27.9 Å². The Hall–Kier alpha value is -2.31. The molecule has 1 N–H and O–H groups in total. The number of carbonyl (C=O) groups excluding carboxylic acids is 2. The molecule has 0 aliphatic heterocycles. The highest BCUT2D eigenvalue weighted by atomic mass is 35.5. The molecule has 31 heavy (non-hydrogen) atoms. The number of benzene rings is 2. The molecule has 1 atom stereocenters. The van der Waals surface area contributed by atoms with E-state index in [1.807, 2.05) is 0 Å². The van der Waals surface area contributed by atoms with E-state index in [9.17, 15) is 14.0 Å². The summed E-state index contributed by atoms with van der Waals surface area (Å²) >= 11 is 12.1. The van der Waals surface area contributed by atoms with E-state index in [-0.39, 0.29) is 31.0 Å². The van der Waals surface area contributed by atoms with Crippen LogP contribution in [0.4, 0.5) is 4.39 Å². The van der Waals surface area contributed by atoms with E-state index >= 15 is 0 Å². The second-order valence-electron chi connectivity index (χ2n) is 7.68. The normalized spacial score (nSPS) is 14.8. The van der Waals surface area contributed by atoms with Gasteiger partial charge in [-0.2, -0.15) is 0 Å². The summed E-state index contributed by atoms with van der Waals surface area (Å²) in [6, 6.07) is 9.93. The van der Waals surface area contributed by atoms with Gasteiger partial charge in [-0.05, 0) is 61.7 Å². The number of halogens is 3. The van der Waals surface area contributed by atoms with Crippen LogP contribution in [-0.2, 0) is 16.1 Å². The molecular weight excluding hydrogens is 442 g/mol. The summed E-state index contributed by atoms with van der Waals surface area (Å²) in [5, 5.41) is 3.82. The second-order valence-corrected chi connectivity index (χ2v) is 8.49. The van der Waals surface area contributed by atoms with E-state index in [0.29, 0.717) is 15.8 Å². The van der Waals surface area contributed by atoms with Gasteiger partial charge in [0.2, 0.25) is 5.91 Å². The van der Waals surface area contributed by atoms with Crippen molar-refractivity contribution in [2.45, 2.75) is 51.2 Å². The zero-order valence-electron chi connectivity index (χ0n) is 17.2. The Labute approximate surface area is 191 Å². The van der Waals surface area contributed by atoms with E-state index in [2.05, 4.69) is 5.32 Å². The van der Waals surface area contributed by atoms with Crippen molar-refractivity contribution >= 4 is 35.0 Å². The number of amides is 2. The monoisotopic (exact) mass is 466 g/mol. The minimum atomic E-state index is -0.709. The first-order chi connectivity index (χ1) is 14.8. The predicted octanol–water partition coefficient (Wildman–Crippen LogP) is 4.99. The standard InChI is InChI=1S/C23H25Cl2FN2O3/c1-15(23(30)27-18-4-2-3-5-18)28(13-16-6-11-20(24)21(25)12-16)22(29)14-31-19-9-7-17(26)8-10-19/h6-12,15,18H,2-5,13-14H2,1H3,(H,27,30). The lowest BCUT2D eigenvalue weighted by Crippen LogP contribution is -2.50. The van der Waals surface area contributed by atoms with Gasteiger partial charge in [0, 0.05) is 12.6 Å². The van der Waals surface area contributed by atoms with Gasteiger partial charge in [-0.1, -0.05) is 42.1 Å². The first kappa shape index (κ1) is 23.4. The molecule has 0 aromatic heterocycles. The lowest BCUT2D eigenvalue weighted by atomic mass is 10.1. The Morgan fingerprint density at radius 3 is 2.45 bits per heavy atom. The summed E-state index contributed by atoms with van der Waals surface area (Å²) in [4.78, 5) is 27.3.